The van der Waals surface area contributed by atoms with Gasteiger partial charge < -0.3 is 0 Å². The number of aromatic nitrogens is 1. The zero-order chi connectivity index (χ0) is 21.4. The van der Waals surface area contributed by atoms with Gasteiger partial charge >= 0.3 is 0 Å². The molecule has 0 saturated heterocycles. The van der Waals surface area contributed by atoms with Crippen LogP contribution in [0.3, 0.4) is 0 Å². The van der Waals surface area contributed by atoms with Crippen LogP contribution in [0.25, 0.3) is 43.0 Å². The third-order valence-corrected chi connectivity index (χ3v) is 7.08. The van der Waals surface area contributed by atoms with E-state index in [1.807, 2.05) is 36.4 Å². The predicted molar refractivity (Wildman–Crippen MR) is 135 cm³/mol. The van der Waals surface area contributed by atoms with Crippen LogP contribution in [0, 0.1) is 13.7 Å². The minimum Gasteiger partial charge on any atom is -0.258 e. The summed E-state index contributed by atoms with van der Waals surface area (Å²) in [6.07, 6.45) is 0. The van der Waals surface area contributed by atoms with Gasteiger partial charge in [-0.1, -0.05) is 54.6 Å². The molecule has 5 rings (SSSR count). The van der Waals surface area contributed by atoms with Crippen LogP contribution < -0.4 is 0 Å². The second kappa shape index (κ2) is 8.20. The molecular formula is C25H15IN2O2S. The van der Waals surface area contributed by atoms with E-state index in [0.29, 0.717) is 0 Å². The number of hydrogen-bond donors (Lipinski definition) is 0. The van der Waals surface area contributed by atoms with E-state index in [1.54, 1.807) is 23.5 Å². The largest absolute Gasteiger partial charge is 0.269 e. The van der Waals surface area contributed by atoms with Crippen molar-refractivity contribution in [1.29, 1.82) is 0 Å². The molecule has 0 radical (unpaired) electrons. The Morgan fingerprint density at radius 2 is 1.48 bits per heavy atom. The van der Waals surface area contributed by atoms with Crippen molar-refractivity contribution >= 4 is 49.8 Å². The van der Waals surface area contributed by atoms with Crippen LogP contribution in [-0.4, -0.2) is 9.91 Å². The second-order valence-corrected chi connectivity index (χ2v) is 9.20. The van der Waals surface area contributed by atoms with E-state index in [-0.39, 0.29) is 10.6 Å². The van der Waals surface area contributed by atoms with Crippen molar-refractivity contribution in [2.75, 3.05) is 0 Å². The lowest BCUT2D eigenvalue weighted by Crippen LogP contribution is -1.91. The summed E-state index contributed by atoms with van der Waals surface area (Å²) in [4.78, 5) is 15.7. The molecule has 31 heavy (non-hydrogen) atoms. The molecular weight excluding hydrogens is 519 g/mol. The number of non-ortho nitro benzene ring substituents is 1. The minimum absolute atomic E-state index is 0.0880. The first-order valence-corrected chi connectivity index (χ1v) is 11.5. The Labute approximate surface area is 196 Å². The highest BCUT2D eigenvalue weighted by Gasteiger charge is 2.17. The molecule has 4 nitrogen and oxygen atoms in total. The molecule has 0 saturated carbocycles. The maximum absolute atomic E-state index is 11.1. The van der Waals surface area contributed by atoms with Crippen LogP contribution in [0.15, 0.2) is 91.0 Å². The molecule has 0 spiro atoms. The molecule has 0 fully saturated rings. The molecule has 0 unspecified atom stereocenters. The molecule has 4 aromatic carbocycles. The van der Waals surface area contributed by atoms with E-state index >= 15 is 0 Å². The summed E-state index contributed by atoms with van der Waals surface area (Å²) in [5.41, 5.74) is 6.29. The summed E-state index contributed by atoms with van der Waals surface area (Å²) in [6.45, 7) is 0. The molecule has 0 aliphatic heterocycles. The zero-order valence-corrected chi connectivity index (χ0v) is 19.1. The van der Waals surface area contributed by atoms with E-state index in [1.165, 1.54) is 0 Å². The Morgan fingerprint density at radius 1 is 0.774 bits per heavy atom. The van der Waals surface area contributed by atoms with Crippen LogP contribution >= 0.6 is 33.9 Å². The average Bonchev–Trinajstić information content (AvgIpc) is 3.24. The summed E-state index contributed by atoms with van der Waals surface area (Å²) < 4.78 is 2.24. The van der Waals surface area contributed by atoms with Crippen molar-refractivity contribution in [3.63, 3.8) is 0 Å². The minimum atomic E-state index is -0.374. The van der Waals surface area contributed by atoms with Gasteiger partial charge in [0.15, 0.2) is 0 Å². The standard InChI is InChI=1S/C25H15IN2O2S/c26-21-10-4-8-19(16-12-14-18(15-13-16)28(29)30)23(21)20-9-5-11-22-24(20)27-25(31-22)17-6-2-1-3-7-17/h1-15H. The third kappa shape index (κ3) is 3.73. The van der Waals surface area contributed by atoms with Gasteiger partial charge in [0.05, 0.1) is 15.1 Å². The van der Waals surface area contributed by atoms with Crippen molar-refractivity contribution in [2.45, 2.75) is 0 Å². The topological polar surface area (TPSA) is 56.0 Å². The zero-order valence-electron chi connectivity index (χ0n) is 16.2. The quantitative estimate of drug-likeness (QED) is 0.134. The molecule has 0 aliphatic rings. The molecule has 5 aromatic rings. The summed E-state index contributed by atoms with van der Waals surface area (Å²) in [6, 6.07) is 29.3. The fourth-order valence-corrected chi connectivity index (χ4v) is 5.44. The molecule has 0 bridgehead atoms. The van der Waals surface area contributed by atoms with E-state index in [9.17, 15) is 10.1 Å². The molecule has 0 N–H and O–H groups in total. The fraction of sp³-hybridized carbons (Fsp3) is 0. The number of thiazole rings is 1. The summed E-state index contributed by atoms with van der Waals surface area (Å²) in [5.74, 6) is 0. The van der Waals surface area contributed by atoms with Gasteiger partial charge in [-0.25, -0.2) is 4.98 Å². The average molecular weight is 534 g/mol. The van der Waals surface area contributed by atoms with Crippen LogP contribution in [0.5, 0.6) is 0 Å². The number of para-hydroxylation sites is 1. The Hall–Kier alpha value is -3.10. The number of rotatable bonds is 4. The molecule has 0 atom stereocenters. The Kier molecular flexibility index (Phi) is 5.25. The molecule has 0 amide bonds. The van der Waals surface area contributed by atoms with Crippen LogP contribution in [0.1, 0.15) is 0 Å². The van der Waals surface area contributed by atoms with Gasteiger partial charge in [0, 0.05) is 32.4 Å². The van der Waals surface area contributed by atoms with Gasteiger partial charge in [-0.15, -0.1) is 11.3 Å². The fourth-order valence-electron chi connectivity index (χ4n) is 3.66. The normalized spacial score (nSPS) is 11.0. The second-order valence-electron chi connectivity index (χ2n) is 7.00. The maximum atomic E-state index is 11.1. The number of halogens is 1. The van der Waals surface area contributed by atoms with E-state index in [0.717, 1.165) is 46.6 Å². The highest BCUT2D eigenvalue weighted by Crippen LogP contribution is 2.41. The monoisotopic (exact) mass is 534 g/mol. The SMILES string of the molecule is O=[N+]([O-])c1ccc(-c2cccc(I)c2-c2cccc3sc(-c4ccccc4)nc23)cc1. The molecule has 1 heterocycles. The Bertz CT molecular complexity index is 1410. The number of nitro benzene ring substituents is 1. The lowest BCUT2D eigenvalue weighted by atomic mass is 9.94. The van der Waals surface area contributed by atoms with Crippen molar-refractivity contribution in [1.82, 2.24) is 4.98 Å². The van der Waals surface area contributed by atoms with Crippen LogP contribution in [0.2, 0.25) is 0 Å². The van der Waals surface area contributed by atoms with Crippen molar-refractivity contribution in [3.8, 4) is 32.8 Å². The van der Waals surface area contributed by atoms with Crippen molar-refractivity contribution < 1.29 is 4.92 Å². The lowest BCUT2D eigenvalue weighted by molar-refractivity contribution is -0.384. The first kappa shape index (κ1) is 19.8. The third-order valence-electron chi connectivity index (χ3n) is 5.11. The Balaban J connectivity index is 1.70. The highest BCUT2D eigenvalue weighted by molar-refractivity contribution is 14.1. The number of benzene rings is 4. The molecule has 150 valence electrons. The first-order valence-electron chi connectivity index (χ1n) is 9.60. The smallest absolute Gasteiger partial charge is 0.258 e. The first-order chi connectivity index (χ1) is 15.1. The number of fused-ring (bicyclic) bond motifs is 1. The summed E-state index contributed by atoms with van der Waals surface area (Å²) in [7, 11) is 0. The predicted octanol–water partition coefficient (Wildman–Crippen LogP) is 7.81. The van der Waals surface area contributed by atoms with Gasteiger partial charge in [0.2, 0.25) is 0 Å². The number of hydrogen-bond acceptors (Lipinski definition) is 4. The maximum Gasteiger partial charge on any atom is 0.269 e. The van der Waals surface area contributed by atoms with E-state index in [4.69, 9.17) is 4.98 Å². The molecule has 0 aliphatic carbocycles. The van der Waals surface area contributed by atoms with Gasteiger partial charge in [-0.2, -0.15) is 0 Å². The number of nitro groups is 1. The summed E-state index contributed by atoms with van der Waals surface area (Å²) >= 11 is 4.04. The highest BCUT2D eigenvalue weighted by atomic mass is 127. The molecule has 1 aromatic heterocycles. The van der Waals surface area contributed by atoms with Crippen molar-refractivity contribution in [3.05, 3.63) is 105 Å². The van der Waals surface area contributed by atoms with Gasteiger partial charge in [-0.05, 0) is 58.0 Å². The van der Waals surface area contributed by atoms with Gasteiger partial charge in [-0.3, -0.25) is 10.1 Å². The van der Waals surface area contributed by atoms with E-state index in [2.05, 4.69) is 65.1 Å². The van der Waals surface area contributed by atoms with Crippen molar-refractivity contribution in [2.24, 2.45) is 0 Å². The Morgan fingerprint density at radius 3 is 2.23 bits per heavy atom. The molecule has 6 heteroatoms. The van der Waals surface area contributed by atoms with Crippen LogP contribution in [0.4, 0.5) is 5.69 Å². The van der Waals surface area contributed by atoms with Gasteiger partial charge in [0.25, 0.3) is 5.69 Å². The van der Waals surface area contributed by atoms with E-state index < -0.39 is 0 Å². The van der Waals surface area contributed by atoms with Crippen LogP contribution in [-0.2, 0) is 0 Å². The van der Waals surface area contributed by atoms with Gasteiger partial charge in [0.1, 0.15) is 5.01 Å². The lowest BCUT2D eigenvalue weighted by Gasteiger charge is -2.13. The summed E-state index contributed by atoms with van der Waals surface area (Å²) in [5, 5.41) is 12.0. The number of nitrogens with zero attached hydrogens (tertiary/aromatic N) is 2.